The first-order valence-electron chi connectivity index (χ1n) is 9.49. The van der Waals surface area contributed by atoms with Crippen LogP contribution in [0.5, 0.6) is 0 Å². The third kappa shape index (κ3) is 6.00. The van der Waals surface area contributed by atoms with Crippen LogP contribution < -0.4 is 4.90 Å². The Morgan fingerprint density at radius 1 is 0.897 bits per heavy atom. The van der Waals surface area contributed by atoms with Crippen LogP contribution in [0.2, 0.25) is 0 Å². The van der Waals surface area contributed by atoms with Crippen molar-refractivity contribution in [1.29, 1.82) is 0 Å². The highest BCUT2D eigenvalue weighted by molar-refractivity contribution is 8.06. The number of allylic oxidation sites excluding steroid dienone is 11. The molecule has 1 N–H and O–H groups in total. The molecule has 2 aliphatic rings. The molecule has 0 bridgehead atoms. The zero-order valence-corrected chi connectivity index (χ0v) is 18.1. The minimum atomic E-state index is 0.303. The van der Waals surface area contributed by atoms with Gasteiger partial charge in [-0.15, -0.1) is 0 Å². The smallest absolute Gasteiger partial charge is 0.199 e. The lowest BCUT2D eigenvalue weighted by Gasteiger charge is -2.12. The molecule has 0 spiro atoms. The number of hydrogen-bond acceptors (Lipinski definition) is 3. The quantitative estimate of drug-likeness (QED) is 0.674. The Morgan fingerprint density at radius 2 is 1.59 bits per heavy atom. The van der Waals surface area contributed by atoms with Gasteiger partial charge < -0.3 is 10.0 Å². The summed E-state index contributed by atoms with van der Waals surface area (Å²) in [6.07, 6.45) is 20.5. The van der Waals surface area contributed by atoms with E-state index in [4.69, 9.17) is 0 Å². The van der Waals surface area contributed by atoms with Crippen LogP contribution in [0.4, 0.5) is 5.69 Å². The summed E-state index contributed by atoms with van der Waals surface area (Å²) in [6.45, 7) is 0. The number of aliphatic hydroxyl groups excluding tert-OH is 1. The molecule has 1 aromatic rings. The van der Waals surface area contributed by atoms with Crippen molar-refractivity contribution in [3.8, 4) is 0 Å². The van der Waals surface area contributed by atoms with Crippen LogP contribution in [0, 0.1) is 0 Å². The first-order chi connectivity index (χ1) is 13.9. The molecule has 0 saturated carbocycles. The fourth-order valence-corrected chi connectivity index (χ4v) is 3.61. The molecule has 0 fully saturated rings. The molecule has 0 amide bonds. The number of aliphatic hydroxyl groups is 1. The molecule has 0 radical (unpaired) electrons. The van der Waals surface area contributed by atoms with Crippen LogP contribution in [0.3, 0.4) is 0 Å². The average Bonchev–Trinajstić information content (AvgIpc) is 2.71. The fraction of sp³-hybridized carbons (Fsp3) is 0.160. The van der Waals surface area contributed by atoms with Gasteiger partial charge in [-0.3, -0.25) is 0 Å². The van der Waals surface area contributed by atoms with Gasteiger partial charge in [-0.1, -0.05) is 42.1 Å². The normalized spacial score (nSPS) is 17.6. The molecule has 3 nitrogen and oxygen atoms in total. The maximum Gasteiger partial charge on any atom is 0.199 e. The molecule has 1 heterocycles. The van der Waals surface area contributed by atoms with Gasteiger partial charge in [0, 0.05) is 36.8 Å². The van der Waals surface area contributed by atoms with Gasteiger partial charge in [-0.25, -0.2) is 4.58 Å². The molecule has 0 atom stereocenters. The Morgan fingerprint density at radius 3 is 2.21 bits per heavy atom. The third-order valence-corrected chi connectivity index (χ3v) is 5.37. The van der Waals surface area contributed by atoms with Crippen molar-refractivity contribution in [1.82, 2.24) is 0 Å². The summed E-state index contributed by atoms with van der Waals surface area (Å²) in [5.74, 6) is 0. The Kier molecular flexibility index (Phi) is 6.78. The standard InChI is InChI=1S/C25H26N2OS/c1-26(2)22-12-7-19(8-13-22)5-6-21-17-24(29-25(28)18-21)16-11-20-9-14-23(15-10-20)27(3)4/h5-18H,1-4H3/p+1. The van der Waals surface area contributed by atoms with E-state index < -0.39 is 0 Å². The van der Waals surface area contributed by atoms with Gasteiger partial charge in [0.2, 0.25) is 0 Å². The van der Waals surface area contributed by atoms with Crippen LogP contribution in [0.15, 0.2) is 100 Å². The highest BCUT2D eigenvalue weighted by atomic mass is 32.2. The molecule has 148 valence electrons. The largest absolute Gasteiger partial charge is 0.502 e. The summed E-state index contributed by atoms with van der Waals surface area (Å²) in [7, 11) is 8.13. The van der Waals surface area contributed by atoms with Gasteiger partial charge in [0.05, 0.1) is 0 Å². The summed E-state index contributed by atoms with van der Waals surface area (Å²) in [4.78, 5) is 3.08. The van der Waals surface area contributed by atoms with Crippen molar-refractivity contribution >= 4 is 29.2 Å². The Hall–Kier alpha value is -2.98. The monoisotopic (exact) mass is 403 g/mol. The van der Waals surface area contributed by atoms with Crippen molar-refractivity contribution in [2.75, 3.05) is 33.1 Å². The summed E-state index contributed by atoms with van der Waals surface area (Å²) in [5.41, 5.74) is 5.58. The lowest BCUT2D eigenvalue weighted by molar-refractivity contribution is -0.462. The molecule has 1 aromatic carbocycles. The van der Waals surface area contributed by atoms with E-state index >= 15 is 0 Å². The molecule has 0 unspecified atom stereocenters. The summed E-state index contributed by atoms with van der Waals surface area (Å²) < 4.78 is 2.08. The fourth-order valence-electron chi connectivity index (χ4n) is 2.84. The van der Waals surface area contributed by atoms with Gasteiger partial charge >= 0.3 is 0 Å². The summed E-state index contributed by atoms with van der Waals surface area (Å²) in [6, 6.07) is 8.38. The maximum absolute atomic E-state index is 10.1. The van der Waals surface area contributed by atoms with Gasteiger partial charge in [0.25, 0.3) is 0 Å². The van der Waals surface area contributed by atoms with Crippen molar-refractivity contribution in [2.45, 2.75) is 0 Å². The van der Waals surface area contributed by atoms with E-state index in [2.05, 4.69) is 76.3 Å². The second-order valence-corrected chi connectivity index (χ2v) is 8.36. The SMILES string of the molecule is CN(C)c1ccc(C=CC2=CC(=CC=C3C=CC(=[N+](C)C)C=C3)SC(O)=C2)cc1. The summed E-state index contributed by atoms with van der Waals surface area (Å²) >= 11 is 1.37. The van der Waals surface area contributed by atoms with Crippen molar-refractivity contribution < 1.29 is 9.68 Å². The van der Waals surface area contributed by atoms with Crippen molar-refractivity contribution in [3.63, 3.8) is 0 Å². The number of anilines is 1. The Balaban J connectivity index is 1.74. The number of benzene rings is 1. The second kappa shape index (κ2) is 9.48. The minimum Gasteiger partial charge on any atom is -0.502 e. The number of rotatable bonds is 4. The van der Waals surface area contributed by atoms with Gasteiger partial charge in [-0.2, -0.15) is 0 Å². The number of hydrogen-bond donors (Lipinski definition) is 1. The van der Waals surface area contributed by atoms with Crippen LogP contribution in [0.25, 0.3) is 6.08 Å². The predicted molar refractivity (Wildman–Crippen MR) is 128 cm³/mol. The molecule has 0 aromatic heterocycles. The van der Waals surface area contributed by atoms with E-state index in [1.807, 2.05) is 40.3 Å². The van der Waals surface area contributed by atoms with E-state index in [0.717, 1.165) is 21.6 Å². The molecule has 0 saturated heterocycles. The topological polar surface area (TPSA) is 26.5 Å². The van der Waals surface area contributed by atoms with E-state index in [0.29, 0.717) is 5.09 Å². The average molecular weight is 404 g/mol. The van der Waals surface area contributed by atoms with Crippen LogP contribution >= 0.6 is 11.8 Å². The molecular formula is C25H27N2OS+. The number of nitrogens with zero attached hydrogens (tertiary/aromatic N) is 2. The van der Waals surface area contributed by atoms with E-state index in [9.17, 15) is 5.11 Å². The van der Waals surface area contributed by atoms with Crippen molar-refractivity contribution in [2.24, 2.45) is 0 Å². The first-order valence-corrected chi connectivity index (χ1v) is 10.3. The number of thioether (sulfide) groups is 1. The Bertz CT molecular complexity index is 991. The molecule has 1 aliphatic carbocycles. The Labute approximate surface area is 177 Å². The third-order valence-electron chi connectivity index (χ3n) is 4.55. The molecular weight excluding hydrogens is 376 g/mol. The summed E-state index contributed by atoms with van der Waals surface area (Å²) in [5, 5.41) is 10.4. The predicted octanol–water partition coefficient (Wildman–Crippen LogP) is 5.49. The molecule has 3 rings (SSSR count). The van der Waals surface area contributed by atoms with E-state index in [1.54, 1.807) is 6.08 Å². The van der Waals surface area contributed by atoms with Crippen LogP contribution in [0.1, 0.15) is 5.56 Å². The zero-order chi connectivity index (χ0) is 20.8. The molecule has 29 heavy (non-hydrogen) atoms. The lowest BCUT2D eigenvalue weighted by atomic mass is 10.1. The molecule has 1 aliphatic heterocycles. The lowest BCUT2D eigenvalue weighted by Crippen LogP contribution is -2.09. The van der Waals surface area contributed by atoms with E-state index in [-0.39, 0.29) is 0 Å². The molecule has 4 heteroatoms. The highest BCUT2D eigenvalue weighted by Crippen LogP contribution is 2.32. The highest BCUT2D eigenvalue weighted by Gasteiger charge is 2.08. The van der Waals surface area contributed by atoms with Gasteiger partial charge in [0.15, 0.2) is 10.8 Å². The van der Waals surface area contributed by atoms with Gasteiger partial charge in [0.1, 0.15) is 14.1 Å². The minimum absolute atomic E-state index is 0.303. The second-order valence-electron chi connectivity index (χ2n) is 7.27. The van der Waals surface area contributed by atoms with E-state index in [1.165, 1.54) is 23.2 Å². The first kappa shape index (κ1) is 20.7. The maximum atomic E-state index is 10.1. The van der Waals surface area contributed by atoms with Gasteiger partial charge in [-0.05, 0) is 59.2 Å². The van der Waals surface area contributed by atoms with Crippen LogP contribution in [-0.4, -0.2) is 43.6 Å². The van der Waals surface area contributed by atoms with Crippen LogP contribution in [-0.2, 0) is 0 Å². The van der Waals surface area contributed by atoms with Crippen molar-refractivity contribution in [3.05, 3.63) is 106 Å². The zero-order valence-electron chi connectivity index (χ0n) is 17.3.